The van der Waals surface area contributed by atoms with Crippen molar-refractivity contribution in [1.82, 2.24) is 5.06 Å². The molecule has 1 fully saturated rings. The molecular weight excluding hydrogens is 471 g/mol. The Kier molecular flexibility index (Phi) is 9.92. The van der Waals surface area contributed by atoms with Crippen LogP contribution in [0.2, 0.25) is 5.02 Å². The van der Waals surface area contributed by atoms with Crippen LogP contribution in [-0.4, -0.2) is 72.2 Å². The van der Waals surface area contributed by atoms with Crippen molar-refractivity contribution in [2.24, 2.45) is 0 Å². The predicted molar refractivity (Wildman–Crippen MR) is 110 cm³/mol. The number of carboxylic acid groups (broad SMARTS) is 1. The van der Waals surface area contributed by atoms with Gasteiger partial charge < -0.3 is 19.7 Å². The molecule has 0 aliphatic carbocycles. The van der Waals surface area contributed by atoms with E-state index in [9.17, 15) is 23.1 Å². The standard InChI is InChI=1S/C19H20ClNO5.C2HF3O2/c20-15-4-6-17(7-5-15)26-19-10-21(25-13-19)9-16(23)12-24-18-3-1-2-14(8-18)11-22;3-2(4,5)1(6)7/h1-8,11,16,19,23H,9-10,12-13H2;(H,6,7)/t16-,19+;/m0./s1. The van der Waals surface area contributed by atoms with Gasteiger partial charge in [-0.2, -0.15) is 18.2 Å². The average molecular weight is 492 g/mol. The molecule has 2 aromatic rings. The summed E-state index contributed by atoms with van der Waals surface area (Å²) in [6.07, 6.45) is -5.18. The van der Waals surface area contributed by atoms with Crippen LogP contribution in [0.4, 0.5) is 13.2 Å². The Morgan fingerprint density at radius 3 is 2.52 bits per heavy atom. The molecule has 8 nitrogen and oxygen atoms in total. The van der Waals surface area contributed by atoms with Gasteiger partial charge in [0.1, 0.15) is 43.2 Å². The fourth-order valence-electron chi connectivity index (χ4n) is 2.58. The second-order valence-corrected chi connectivity index (χ2v) is 7.23. The van der Waals surface area contributed by atoms with E-state index in [1.807, 2.05) is 0 Å². The van der Waals surface area contributed by atoms with Crippen LogP contribution in [0.5, 0.6) is 11.5 Å². The molecule has 0 radical (unpaired) electrons. The minimum Gasteiger partial charge on any atom is -0.491 e. The number of hydrogen-bond donors (Lipinski definition) is 2. The summed E-state index contributed by atoms with van der Waals surface area (Å²) in [5.74, 6) is -1.49. The number of alkyl halides is 3. The van der Waals surface area contributed by atoms with Gasteiger partial charge in [0, 0.05) is 10.6 Å². The van der Waals surface area contributed by atoms with Gasteiger partial charge in [-0.3, -0.25) is 9.63 Å². The predicted octanol–water partition coefficient (Wildman–Crippen LogP) is 3.22. The van der Waals surface area contributed by atoms with Gasteiger partial charge >= 0.3 is 12.1 Å². The maximum absolute atomic E-state index is 10.8. The molecular formula is C21H21ClF3NO7. The number of ether oxygens (including phenoxy) is 2. The molecule has 1 saturated heterocycles. The van der Waals surface area contributed by atoms with Crippen LogP contribution < -0.4 is 9.47 Å². The van der Waals surface area contributed by atoms with Gasteiger partial charge in [0.25, 0.3) is 0 Å². The highest BCUT2D eigenvalue weighted by atomic mass is 35.5. The lowest BCUT2D eigenvalue weighted by molar-refractivity contribution is -0.192. The maximum Gasteiger partial charge on any atom is 0.490 e. The Morgan fingerprint density at radius 2 is 1.91 bits per heavy atom. The van der Waals surface area contributed by atoms with E-state index in [0.29, 0.717) is 36.0 Å². The first-order chi connectivity index (χ1) is 15.6. The lowest BCUT2D eigenvalue weighted by Crippen LogP contribution is -2.34. The number of carbonyl (C=O) groups is 2. The lowest BCUT2D eigenvalue weighted by atomic mass is 10.2. The Bertz CT molecular complexity index is 911. The third-order valence-electron chi connectivity index (χ3n) is 4.06. The van der Waals surface area contributed by atoms with E-state index in [1.54, 1.807) is 53.6 Å². The van der Waals surface area contributed by atoms with Crippen LogP contribution in [0.1, 0.15) is 10.4 Å². The van der Waals surface area contributed by atoms with Crippen molar-refractivity contribution in [2.75, 3.05) is 26.3 Å². The monoisotopic (exact) mass is 491 g/mol. The topological polar surface area (TPSA) is 106 Å². The lowest BCUT2D eigenvalue weighted by Gasteiger charge is -2.19. The molecule has 0 spiro atoms. The zero-order chi connectivity index (χ0) is 24.4. The molecule has 12 heteroatoms. The van der Waals surface area contributed by atoms with Crippen molar-refractivity contribution in [2.45, 2.75) is 18.4 Å². The molecule has 3 rings (SSSR count). The minimum absolute atomic E-state index is 0.102. The molecule has 2 atom stereocenters. The molecule has 2 N–H and O–H groups in total. The first-order valence-corrected chi connectivity index (χ1v) is 9.91. The molecule has 1 aliphatic rings. The van der Waals surface area contributed by atoms with Crippen LogP contribution in [0, 0.1) is 0 Å². The smallest absolute Gasteiger partial charge is 0.490 e. The van der Waals surface area contributed by atoms with E-state index in [1.165, 1.54) is 0 Å². The number of carboxylic acids is 1. The minimum atomic E-state index is -5.08. The summed E-state index contributed by atoms with van der Waals surface area (Å²) in [6, 6.07) is 13.9. The molecule has 0 unspecified atom stereocenters. The summed E-state index contributed by atoms with van der Waals surface area (Å²) in [5.41, 5.74) is 0.530. The highest BCUT2D eigenvalue weighted by Crippen LogP contribution is 2.19. The Hall–Kier alpha value is -2.86. The third kappa shape index (κ3) is 9.66. The number of aliphatic hydroxyl groups excluding tert-OH is 1. The summed E-state index contributed by atoms with van der Waals surface area (Å²) in [7, 11) is 0. The second-order valence-electron chi connectivity index (χ2n) is 6.79. The number of aliphatic carboxylic acids is 1. The van der Waals surface area contributed by atoms with E-state index in [4.69, 9.17) is 35.8 Å². The van der Waals surface area contributed by atoms with Crippen molar-refractivity contribution < 1.29 is 47.3 Å². The number of nitrogens with zero attached hydrogens (tertiary/aromatic N) is 1. The normalized spacial score (nSPS) is 16.9. The maximum atomic E-state index is 10.8. The number of halogens is 4. The van der Waals surface area contributed by atoms with E-state index >= 15 is 0 Å². The van der Waals surface area contributed by atoms with Crippen molar-refractivity contribution in [1.29, 1.82) is 0 Å². The zero-order valence-electron chi connectivity index (χ0n) is 17.1. The van der Waals surface area contributed by atoms with Gasteiger partial charge in [-0.25, -0.2) is 4.79 Å². The number of aliphatic hydroxyl groups is 1. The number of rotatable bonds is 8. The molecule has 1 heterocycles. The van der Waals surface area contributed by atoms with Crippen LogP contribution in [0.25, 0.3) is 0 Å². The zero-order valence-corrected chi connectivity index (χ0v) is 17.8. The first kappa shape index (κ1) is 26.4. The number of hydroxylamine groups is 2. The van der Waals surface area contributed by atoms with Gasteiger partial charge in [0.2, 0.25) is 0 Å². The molecule has 180 valence electrons. The van der Waals surface area contributed by atoms with Gasteiger partial charge in [-0.15, -0.1) is 0 Å². The Morgan fingerprint density at radius 1 is 1.24 bits per heavy atom. The molecule has 0 amide bonds. The average Bonchev–Trinajstić information content (AvgIpc) is 3.20. The second kappa shape index (κ2) is 12.4. The number of carbonyl (C=O) groups excluding carboxylic acids is 1. The molecule has 1 aliphatic heterocycles. The summed E-state index contributed by atoms with van der Waals surface area (Å²) < 4.78 is 43.1. The fraction of sp³-hybridized carbons (Fsp3) is 0.333. The van der Waals surface area contributed by atoms with Crippen molar-refractivity contribution in [3.8, 4) is 11.5 Å². The van der Waals surface area contributed by atoms with E-state index < -0.39 is 18.2 Å². The molecule has 0 bridgehead atoms. The van der Waals surface area contributed by atoms with Gasteiger partial charge in [-0.1, -0.05) is 23.7 Å². The fourth-order valence-corrected chi connectivity index (χ4v) is 2.71. The van der Waals surface area contributed by atoms with Gasteiger partial charge in [0.05, 0.1) is 13.1 Å². The molecule has 0 saturated carbocycles. The Balaban J connectivity index is 0.000000479. The number of β-amino-alcohol motifs (C(OH)–C–C–N with tert-alkyl or cyclic N) is 1. The SMILES string of the molecule is O=C(O)C(F)(F)F.O=Cc1cccc(OC[C@@H](O)CN2C[C@@H](Oc3ccc(Cl)cc3)CO2)c1. The van der Waals surface area contributed by atoms with Crippen molar-refractivity contribution >= 4 is 23.9 Å². The van der Waals surface area contributed by atoms with Gasteiger partial charge in [-0.05, 0) is 36.4 Å². The quantitative estimate of drug-likeness (QED) is 0.542. The summed E-state index contributed by atoms with van der Waals surface area (Å²) in [4.78, 5) is 25.2. The van der Waals surface area contributed by atoms with E-state index in [0.717, 1.165) is 12.0 Å². The number of aldehydes is 1. The van der Waals surface area contributed by atoms with E-state index in [-0.39, 0.29) is 12.7 Å². The highest BCUT2D eigenvalue weighted by Gasteiger charge is 2.38. The summed E-state index contributed by atoms with van der Waals surface area (Å²) in [5, 5.41) is 19.6. The van der Waals surface area contributed by atoms with Crippen LogP contribution >= 0.6 is 11.6 Å². The first-order valence-electron chi connectivity index (χ1n) is 9.53. The molecule has 33 heavy (non-hydrogen) atoms. The summed E-state index contributed by atoms with van der Waals surface area (Å²) in [6.45, 7) is 1.36. The molecule has 0 aromatic heterocycles. The molecule has 2 aromatic carbocycles. The van der Waals surface area contributed by atoms with Gasteiger partial charge in [0.15, 0.2) is 0 Å². The number of hydrogen-bond acceptors (Lipinski definition) is 7. The Labute approximate surface area is 192 Å². The van der Waals surface area contributed by atoms with Crippen molar-refractivity contribution in [3.05, 3.63) is 59.1 Å². The summed E-state index contributed by atoms with van der Waals surface area (Å²) >= 11 is 5.85. The largest absolute Gasteiger partial charge is 0.491 e. The van der Waals surface area contributed by atoms with Crippen molar-refractivity contribution in [3.63, 3.8) is 0 Å². The third-order valence-corrected chi connectivity index (χ3v) is 4.31. The van der Waals surface area contributed by atoms with Crippen LogP contribution in [-0.2, 0) is 9.63 Å². The van der Waals surface area contributed by atoms with Crippen LogP contribution in [0.15, 0.2) is 48.5 Å². The number of benzene rings is 2. The van der Waals surface area contributed by atoms with E-state index in [2.05, 4.69) is 0 Å². The highest BCUT2D eigenvalue weighted by molar-refractivity contribution is 6.30. The van der Waals surface area contributed by atoms with Crippen LogP contribution in [0.3, 0.4) is 0 Å².